The highest BCUT2D eigenvalue weighted by Gasteiger charge is 2.24. The smallest absolute Gasteiger partial charge is 0.274 e. The summed E-state index contributed by atoms with van der Waals surface area (Å²) in [5, 5.41) is 27.3. The number of nitrogens with two attached hydrogens (primary N) is 1. The third-order valence-corrected chi connectivity index (χ3v) is 3.26. The number of halogens is 1. The molecule has 23 heavy (non-hydrogen) atoms. The van der Waals surface area contributed by atoms with E-state index in [9.17, 15) is 18.0 Å². The zero-order valence-electron chi connectivity index (χ0n) is 11.6. The Labute approximate surface area is 131 Å². The van der Waals surface area contributed by atoms with E-state index in [-0.39, 0.29) is 30.2 Å². The molecule has 1 aromatic rings. The molecule has 0 amide bonds. The first-order chi connectivity index (χ1) is 10.8. The number of nitrogens with one attached hydrogen (secondary N) is 2. The lowest BCUT2D eigenvalue weighted by Gasteiger charge is -2.20. The Morgan fingerprint density at radius 1 is 1.43 bits per heavy atom. The number of nitriles is 1. The predicted octanol–water partition coefficient (Wildman–Crippen LogP) is -0.763. The van der Waals surface area contributed by atoms with E-state index in [2.05, 4.69) is 10.0 Å². The van der Waals surface area contributed by atoms with E-state index in [0.29, 0.717) is 5.23 Å². The minimum absolute atomic E-state index is 0.0116. The number of hydrogen-bond acceptors (Lipinski definition) is 8. The van der Waals surface area contributed by atoms with Crippen molar-refractivity contribution in [2.45, 2.75) is 0 Å². The first kappa shape index (κ1) is 16.9. The van der Waals surface area contributed by atoms with E-state index >= 15 is 0 Å². The Kier molecular flexibility index (Phi) is 4.98. The Morgan fingerprint density at radius 2 is 2.17 bits per heavy atom. The molecular formula is C11H13FN6O4S. The predicted molar refractivity (Wildman–Crippen MR) is 75.5 cm³/mol. The Balaban J connectivity index is 2.07. The number of nitrogens with zero attached hydrogens (tertiary/aromatic N) is 3. The van der Waals surface area contributed by atoms with Crippen LogP contribution in [-0.4, -0.2) is 31.9 Å². The fourth-order valence-electron chi connectivity index (χ4n) is 1.72. The van der Waals surface area contributed by atoms with E-state index in [0.717, 1.165) is 17.3 Å². The standard InChI is InChI=1S/C11H13FN6O4S/c12-10-2-1-9(5-8(10)6-13)18-11(7-17(19)22-18)15-3-4-16-23(14,20)21/h1-2,5,7,15-16,19H,3-4H2,(H2,14,20,21). The molecule has 0 aliphatic carbocycles. The van der Waals surface area contributed by atoms with Gasteiger partial charge in [0.15, 0.2) is 5.82 Å². The third-order valence-electron chi connectivity index (χ3n) is 2.66. The molecule has 1 aromatic carbocycles. The molecule has 0 radical (unpaired) electrons. The molecule has 0 spiro atoms. The van der Waals surface area contributed by atoms with Crippen molar-refractivity contribution in [2.75, 3.05) is 18.2 Å². The van der Waals surface area contributed by atoms with Crippen molar-refractivity contribution < 1.29 is 23.0 Å². The molecule has 1 aliphatic heterocycles. The number of hydroxylamine groups is 3. The van der Waals surface area contributed by atoms with Crippen molar-refractivity contribution in [3.05, 3.63) is 41.6 Å². The first-order valence-electron chi connectivity index (χ1n) is 6.19. The van der Waals surface area contributed by atoms with Crippen LogP contribution in [0.2, 0.25) is 0 Å². The summed E-state index contributed by atoms with van der Waals surface area (Å²) < 4.78 is 36.9. The zero-order chi connectivity index (χ0) is 17.0. The molecule has 5 N–H and O–H groups in total. The summed E-state index contributed by atoms with van der Waals surface area (Å²) in [4.78, 5) is 4.97. The van der Waals surface area contributed by atoms with E-state index in [1.807, 2.05) is 0 Å². The van der Waals surface area contributed by atoms with Gasteiger partial charge < -0.3 is 5.32 Å². The molecule has 0 fully saturated rings. The van der Waals surface area contributed by atoms with E-state index < -0.39 is 16.0 Å². The second-order valence-corrected chi connectivity index (χ2v) is 5.71. The SMILES string of the molecule is N#Cc1cc(N2ON(O)C=C2NCCNS(N)(=O)=O)ccc1F. The molecule has 0 saturated heterocycles. The highest BCUT2D eigenvalue weighted by molar-refractivity contribution is 7.87. The lowest BCUT2D eigenvalue weighted by molar-refractivity contribution is -0.294. The van der Waals surface area contributed by atoms with E-state index in [1.165, 1.54) is 12.1 Å². The maximum Gasteiger partial charge on any atom is 0.274 e. The van der Waals surface area contributed by atoms with Gasteiger partial charge in [0.05, 0.1) is 11.3 Å². The summed E-state index contributed by atoms with van der Waals surface area (Å²) in [5.74, 6) is -0.452. The summed E-state index contributed by atoms with van der Waals surface area (Å²) in [7, 11) is -3.80. The monoisotopic (exact) mass is 344 g/mol. The van der Waals surface area contributed by atoms with Gasteiger partial charge in [0.2, 0.25) is 0 Å². The van der Waals surface area contributed by atoms with Crippen LogP contribution in [-0.2, 0) is 15.1 Å². The maximum atomic E-state index is 13.3. The van der Waals surface area contributed by atoms with Gasteiger partial charge in [-0.15, -0.1) is 10.2 Å². The van der Waals surface area contributed by atoms with Crippen LogP contribution < -0.4 is 20.2 Å². The zero-order valence-corrected chi connectivity index (χ0v) is 12.4. The summed E-state index contributed by atoms with van der Waals surface area (Å²) in [5.41, 5.74) is 0.0791. The van der Waals surface area contributed by atoms with Crippen LogP contribution in [0.3, 0.4) is 0 Å². The van der Waals surface area contributed by atoms with Crippen LogP contribution in [0.15, 0.2) is 30.2 Å². The molecule has 0 aromatic heterocycles. The van der Waals surface area contributed by atoms with Gasteiger partial charge in [0, 0.05) is 13.1 Å². The first-order valence-corrected chi connectivity index (χ1v) is 7.74. The Hall–Kier alpha value is -2.43. The van der Waals surface area contributed by atoms with Gasteiger partial charge in [0.1, 0.15) is 18.1 Å². The molecule has 0 bridgehead atoms. The average Bonchev–Trinajstić information content (AvgIpc) is 2.84. The number of hydrogen-bond donors (Lipinski definition) is 4. The molecule has 0 atom stereocenters. The normalized spacial score (nSPS) is 14.6. The van der Waals surface area contributed by atoms with Crippen LogP contribution in [0.25, 0.3) is 0 Å². The Bertz CT molecular complexity index is 762. The highest BCUT2D eigenvalue weighted by Crippen LogP contribution is 2.25. The highest BCUT2D eigenvalue weighted by atomic mass is 32.2. The van der Waals surface area contributed by atoms with Gasteiger partial charge in [-0.1, -0.05) is 0 Å². The van der Waals surface area contributed by atoms with Crippen LogP contribution in [0, 0.1) is 17.1 Å². The second kappa shape index (κ2) is 6.77. The van der Waals surface area contributed by atoms with Crippen molar-refractivity contribution >= 4 is 15.9 Å². The van der Waals surface area contributed by atoms with Gasteiger partial charge in [0.25, 0.3) is 10.2 Å². The molecule has 1 heterocycles. The molecule has 1 aliphatic rings. The molecule has 2 rings (SSSR count). The topological polar surface area (TPSA) is 144 Å². The van der Waals surface area contributed by atoms with Crippen molar-refractivity contribution in [3.63, 3.8) is 0 Å². The van der Waals surface area contributed by atoms with Gasteiger partial charge >= 0.3 is 0 Å². The van der Waals surface area contributed by atoms with Gasteiger partial charge in [-0.3, -0.25) is 5.21 Å². The summed E-state index contributed by atoms with van der Waals surface area (Å²) in [6.07, 6.45) is 1.16. The van der Waals surface area contributed by atoms with Crippen molar-refractivity contribution in [2.24, 2.45) is 5.14 Å². The van der Waals surface area contributed by atoms with Crippen LogP contribution >= 0.6 is 0 Å². The fourth-order valence-corrected chi connectivity index (χ4v) is 2.11. The second-order valence-electron chi connectivity index (χ2n) is 4.33. The molecule has 124 valence electrons. The van der Waals surface area contributed by atoms with E-state index in [1.54, 1.807) is 6.07 Å². The molecule has 10 nitrogen and oxygen atoms in total. The Morgan fingerprint density at radius 3 is 2.83 bits per heavy atom. The lowest BCUT2D eigenvalue weighted by atomic mass is 10.2. The number of anilines is 1. The molecule has 0 unspecified atom stereocenters. The van der Waals surface area contributed by atoms with E-state index in [4.69, 9.17) is 15.3 Å². The van der Waals surface area contributed by atoms with Crippen LogP contribution in [0.1, 0.15) is 5.56 Å². The fraction of sp³-hybridized carbons (Fsp3) is 0.182. The molecular weight excluding hydrogens is 331 g/mol. The molecule has 12 heteroatoms. The summed E-state index contributed by atoms with van der Waals surface area (Å²) in [6, 6.07) is 5.34. The van der Waals surface area contributed by atoms with Crippen LogP contribution in [0.5, 0.6) is 0 Å². The van der Waals surface area contributed by atoms with Crippen molar-refractivity contribution in [3.8, 4) is 6.07 Å². The lowest BCUT2D eigenvalue weighted by Crippen LogP contribution is -2.38. The average molecular weight is 344 g/mol. The summed E-state index contributed by atoms with van der Waals surface area (Å²) >= 11 is 0. The van der Waals surface area contributed by atoms with Gasteiger partial charge in [-0.2, -0.15) is 18.7 Å². The minimum atomic E-state index is -3.80. The summed E-state index contributed by atoms with van der Waals surface area (Å²) in [6.45, 7) is 0.116. The van der Waals surface area contributed by atoms with Crippen molar-refractivity contribution in [1.82, 2.24) is 15.3 Å². The minimum Gasteiger partial charge on any atom is -0.367 e. The van der Waals surface area contributed by atoms with Crippen LogP contribution in [0.4, 0.5) is 10.1 Å². The third kappa shape index (κ3) is 4.52. The van der Waals surface area contributed by atoms with Gasteiger partial charge in [-0.05, 0) is 18.2 Å². The number of rotatable bonds is 6. The maximum absolute atomic E-state index is 13.3. The quantitative estimate of drug-likeness (QED) is 0.493. The van der Waals surface area contributed by atoms with Crippen molar-refractivity contribution in [1.29, 1.82) is 5.26 Å². The van der Waals surface area contributed by atoms with Gasteiger partial charge in [-0.25, -0.2) is 14.3 Å². The largest absolute Gasteiger partial charge is 0.367 e. The molecule has 0 saturated carbocycles. The number of benzene rings is 1.